The first-order valence-corrected chi connectivity index (χ1v) is 4.72. The van der Waals surface area contributed by atoms with Gasteiger partial charge in [0.15, 0.2) is 0 Å². The number of esters is 1. The van der Waals surface area contributed by atoms with Gasteiger partial charge < -0.3 is 14.6 Å². The van der Waals surface area contributed by atoms with Crippen LogP contribution in [0.15, 0.2) is 18.2 Å². The van der Waals surface area contributed by atoms with Crippen LogP contribution in [-0.4, -0.2) is 30.3 Å². The normalized spacial score (nSPS) is 18.6. The third-order valence-electron chi connectivity index (χ3n) is 2.47. The van der Waals surface area contributed by atoms with Gasteiger partial charge in [0.2, 0.25) is 6.10 Å². The number of carbonyl (C=O) groups is 2. The highest BCUT2D eigenvalue weighted by molar-refractivity contribution is 5.95. The van der Waals surface area contributed by atoms with Crippen LogP contribution in [0.1, 0.15) is 15.9 Å². The van der Waals surface area contributed by atoms with E-state index in [1.165, 1.54) is 7.11 Å². The lowest BCUT2D eigenvalue weighted by Gasteiger charge is -2.21. The number of hydrogen-bond acceptors (Lipinski definition) is 4. The van der Waals surface area contributed by atoms with E-state index in [2.05, 4.69) is 0 Å². The first kappa shape index (κ1) is 10.5. The second kappa shape index (κ2) is 3.84. The average Bonchev–Trinajstić information content (AvgIpc) is 2.28. The van der Waals surface area contributed by atoms with Crippen molar-refractivity contribution in [1.82, 2.24) is 0 Å². The number of carbonyl (C=O) groups excluding carboxylic acids is 1. The zero-order valence-corrected chi connectivity index (χ0v) is 8.60. The summed E-state index contributed by atoms with van der Waals surface area (Å²) in [6.07, 6.45) is -0.895. The van der Waals surface area contributed by atoms with Gasteiger partial charge in [0, 0.05) is 6.42 Å². The Bertz CT molecular complexity index is 452. The standard InChI is InChI=1S/C11H10O5/c1-15-7-3-2-6-4-9(10(12)13)16-11(14)8(6)5-7/h2-3,5,9H,4H2,1H3,(H,12,13). The summed E-state index contributed by atoms with van der Waals surface area (Å²) in [7, 11) is 1.50. The Hall–Kier alpha value is -2.04. The number of hydrogen-bond donors (Lipinski definition) is 1. The molecule has 1 aromatic rings. The van der Waals surface area contributed by atoms with E-state index in [9.17, 15) is 9.59 Å². The number of carboxylic acid groups (broad SMARTS) is 1. The number of aliphatic carboxylic acids is 1. The molecular formula is C11H10O5. The predicted molar refractivity (Wildman–Crippen MR) is 53.5 cm³/mol. The molecule has 0 radical (unpaired) electrons. The van der Waals surface area contributed by atoms with E-state index in [0.29, 0.717) is 16.9 Å². The highest BCUT2D eigenvalue weighted by Crippen LogP contribution is 2.24. The lowest BCUT2D eigenvalue weighted by Crippen LogP contribution is -2.34. The van der Waals surface area contributed by atoms with Crippen LogP contribution in [-0.2, 0) is 16.0 Å². The van der Waals surface area contributed by atoms with Gasteiger partial charge in [-0.3, -0.25) is 0 Å². The quantitative estimate of drug-likeness (QED) is 0.751. The maximum absolute atomic E-state index is 11.5. The third kappa shape index (κ3) is 1.71. The molecule has 5 heteroatoms. The summed E-state index contributed by atoms with van der Waals surface area (Å²) < 4.78 is 9.76. The molecule has 1 aliphatic rings. The zero-order valence-electron chi connectivity index (χ0n) is 8.60. The van der Waals surface area contributed by atoms with Crippen molar-refractivity contribution in [1.29, 1.82) is 0 Å². The molecule has 5 nitrogen and oxygen atoms in total. The molecule has 84 valence electrons. The van der Waals surface area contributed by atoms with Crippen molar-refractivity contribution in [3.8, 4) is 5.75 Å². The zero-order chi connectivity index (χ0) is 11.7. The lowest BCUT2D eigenvalue weighted by atomic mass is 9.98. The van der Waals surface area contributed by atoms with Crippen LogP contribution in [0.3, 0.4) is 0 Å². The predicted octanol–water partition coefficient (Wildman–Crippen LogP) is 0.861. The van der Waals surface area contributed by atoms with Gasteiger partial charge in [0.1, 0.15) is 5.75 Å². The highest BCUT2D eigenvalue weighted by Gasteiger charge is 2.31. The minimum atomic E-state index is -1.13. The molecule has 1 aliphatic heterocycles. The van der Waals surface area contributed by atoms with E-state index in [0.717, 1.165) is 0 Å². The van der Waals surface area contributed by atoms with Crippen LogP contribution in [0.4, 0.5) is 0 Å². The summed E-state index contributed by atoms with van der Waals surface area (Å²) in [6.45, 7) is 0. The average molecular weight is 222 g/mol. The maximum Gasteiger partial charge on any atom is 0.345 e. The first-order valence-electron chi connectivity index (χ1n) is 4.72. The van der Waals surface area contributed by atoms with E-state index in [4.69, 9.17) is 14.6 Å². The van der Waals surface area contributed by atoms with Gasteiger partial charge in [-0.1, -0.05) is 6.07 Å². The Balaban J connectivity index is 2.38. The van der Waals surface area contributed by atoms with Crippen molar-refractivity contribution in [2.75, 3.05) is 7.11 Å². The number of carboxylic acids is 1. The van der Waals surface area contributed by atoms with Crippen molar-refractivity contribution < 1.29 is 24.2 Å². The second-order valence-corrected chi connectivity index (χ2v) is 3.46. The summed E-state index contributed by atoms with van der Waals surface area (Å²) in [5.74, 6) is -1.20. The number of rotatable bonds is 2. The molecule has 0 bridgehead atoms. The van der Waals surface area contributed by atoms with Crippen LogP contribution in [0, 0.1) is 0 Å². The van der Waals surface area contributed by atoms with E-state index in [1.807, 2.05) is 0 Å². The van der Waals surface area contributed by atoms with E-state index in [-0.39, 0.29) is 6.42 Å². The first-order chi connectivity index (χ1) is 7.61. The fourth-order valence-corrected chi connectivity index (χ4v) is 1.62. The molecule has 2 rings (SSSR count). The number of ether oxygens (including phenoxy) is 2. The molecule has 16 heavy (non-hydrogen) atoms. The highest BCUT2D eigenvalue weighted by atomic mass is 16.6. The van der Waals surface area contributed by atoms with Gasteiger partial charge >= 0.3 is 11.9 Å². The minimum Gasteiger partial charge on any atom is -0.497 e. The third-order valence-corrected chi connectivity index (χ3v) is 2.47. The molecule has 1 heterocycles. The molecule has 0 saturated heterocycles. The Morgan fingerprint density at radius 2 is 2.31 bits per heavy atom. The van der Waals surface area contributed by atoms with Gasteiger partial charge in [-0.25, -0.2) is 9.59 Å². The maximum atomic E-state index is 11.5. The van der Waals surface area contributed by atoms with Crippen LogP contribution in [0.5, 0.6) is 5.75 Å². The number of cyclic esters (lactones) is 1. The van der Waals surface area contributed by atoms with E-state index < -0.39 is 18.0 Å². The largest absolute Gasteiger partial charge is 0.497 e. The van der Waals surface area contributed by atoms with Gasteiger partial charge in [0.25, 0.3) is 0 Å². The molecule has 1 aromatic carbocycles. The summed E-state index contributed by atoms with van der Waals surface area (Å²) >= 11 is 0. The van der Waals surface area contributed by atoms with Crippen molar-refractivity contribution in [3.63, 3.8) is 0 Å². The molecule has 0 saturated carbocycles. The van der Waals surface area contributed by atoms with Crippen LogP contribution in [0.25, 0.3) is 0 Å². The smallest absolute Gasteiger partial charge is 0.345 e. The van der Waals surface area contributed by atoms with E-state index >= 15 is 0 Å². The van der Waals surface area contributed by atoms with Gasteiger partial charge in [0.05, 0.1) is 12.7 Å². The number of benzene rings is 1. The summed E-state index contributed by atoms with van der Waals surface area (Å²) in [5.41, 5.74) is 1.04. The van der Waals surface area contributed by atoms with Crippen molar-refractivity contribution >= 4 is 11.9 Å². The molecule has 0 amide bonds. The van der Waals surface area contributed by atoms with Crippen LogP contribution in [0.2, 0.25) is 0 Å². The monoisotopic (exact) mass is 222 g/mol. The molecular weight excluding hydrogens is 212 g/mol. The molecule has 0 aliphatic carbocycles. The van der Waals surface area contributed by atoms with Crippen LogP contribution >= 0.6 is 0 Å². The minimum absolute atomic E-state index is 0.195. The topological polar surface area (TPSA) is 72.8 Å². The Morgan fingerprint density at radius 3 is 2.94 bits per heavy atom. The fourth-order valence-electron chi connectivity index (χ4n) is 1.62. The lowest BCUT2D eigenvalue weighted by molar-refractivity contribution is -0.147. The van der Waals surface area contributed by atoms with Crippen molar-refractivity contribution in [3.05, 3.63) is 29.3 Å². The summed E-state index contributed by atoms with van der Waals surface area (Å²) in [5, 5.41) is 8.78. The van der Waals surface area contributed by atoms with E-state index in [1.54, 1.807) is 18.2 Å². The second-order valence-electron chi connectivity index (χ2n) is 3.46. The Morgan fingerprint density at radius 1 is 1.56 bits per heavy atom. The van der Waals surface area contributed by atoms with Gasteiger partial charge in [-0.2, -0.15) is 0 Å². The molecule has 1 atom stereocenters. The Kier molecular flexibility index (Phi) is 2.52. The molecule has 1 unspecified atom stereocenters. The Labute approximate surface area is 91.6 Å². The number of fused-ring (bicyclic) bond motifs is 1. The summed E-state index contributed by atoms with van der Waals surface area (Å²) in [4.78, 5) is 22.3. The molecule has 0 fully saturated rings. The summed E-state index contributed by atoms with van der Waals surface area (Å²) in [6, 6.07) is 4.93. The van der Waals surface area contributed by atoms with Crippen LogP contribution < -0.4 is 4.74 Å². The van der Waals surface area contributed by atoms with Crippen molar-refractivity contribution in [2.45, 2.75) is 12.5 Å². The van der Waals surface area contributed by atoms with Crippen molar-refractivity contribution in [2.24, 2.45) is 0 Å². The van der Waals surface area contributed by atoms with Gasteiger partial charge in [-0.05, 0) is 17.7 Å². The van der Waals surface area contributed by atoms with Gasteiger partial charge in [-0.15, -0.1) is 0 Å². The fraction of sp³-hybridized carbons (Fsp3) is 0.273. The number of methoxy groups -OCH3 is 1. The molecule has 0 spiro atoms. The molecule has 1 N–H and O–H groups in total. The molecule has 0 aromatic heterocycles. The SMILES string of the molecule is COc1ccc2c(c1)C(=O)OC(C(=O)O)C2.